The zero-order chi connectivity index (χ0) is 15.4. The van der Waals surface area contributed by atoms with Crippen molar-refractivity contribution in [1.82, 2.24) is 4.90 Å². The normalized spacial score (nSPS) is 28.0. The van der Waals surface area contributed by atoms with Crippen molar-refractivity contribution < 1.29 is 0 Å². The Kier molecular flexibility index (Phi) is 6.24. The molecule has 3 aliphatic rings. The molecule has 0 saturated heterocycles. The highest BCUT2D eigenvalue weighted by Gasteiger charge is 2.43. The maximum absolute atomic E-state index is 2.64. The van der Waals surface area contributed by atoms with E-state index in [1.165, 1.54) is 77.2 Å². The van der Waals surface area contributed by atoms with E-state index in [-0.39, 0.29) is 0 Å². The van der Waals surface area contributed by atoms with Gasteiger partial charge in [-0.2, -0.15) is 0 Å². The number of hydrogen-bond acceptors (Lipinski definition) is 1. The van der Waals surface area contributed by atoms with Gasteiger partial charge < -0.3 is 4.90 Å². The smallest absolute Gasteiger partial charge is 0.00190 e. The van der Waals surface area contributed by atoms with Gasteiger partial charge in [-0.25, -0.2) is 0 Å². The van der Waals surface area contributed by atoms with Crippen molar-refractivity contribution in [2.45, 2.75) is 70.6 Å². The van der Waals surface area contributed by atoms with E-state index in [0.717, 1.165) is 11.8 Å². The van der Waals surface area contributed by atoms with E-state index >= 15 is 0 Å². The molecule has 1 nitrogen and oxygen atoms in total. The lowest BCUT2D eigenvalue weighted by molar-refractivity contribution is 0.362. The van der Waals surface area contributed by atoms with E-state index < -0.39 is 0 Å². The zero-order valence-corrected chi connectivity index (χ0v) is 14.7. The van der Waals surface area contributed by atoms with Crippen LogP contribution < -0.4 is 0 Å². The van der Waals surface area contributed by atoms with Crippen LogP contribution in [0.25, 0.3) is 0 Å². The van der Waals surface area contributed by atoms with Crippen molar-refractivity contribution in [3.63, 3.8) is 0 Å². The van der Waals surface area contributed by atoms with Gasteiger partial charge in [0.1, 0.15) is 0 Å². The first-order chi connectivity index (χ1) is 10.7. The van der Waals surface area contributed by atoms with Crippen molar-refractivity contribution in [2.24, 2.45) is 11.8 Å². The Morgan fingerprint density at radius 3 is 2.00 bits per heavy atom. The second kappa shape index (κ2) is 8.18. The van der Waals surface area contributed by atoms with Gasteiger partial charge in [-0.1, -0.05) is 38.5 Å². The van der Waals surface area contributed by atoms with Gasteiger partial charge in [0.05, 0.1) is 0 Å². The first-order valence-electron chi connectivity index (χ1n) is 9.68. The largest absolute Gasteiger partial charge is 0.309 e. The first-order valence-corrected chi connectivity index (χ1v) is 9.68. The maximum atomic E-state index is 2.64. The summed E-state index contributed by atoms with van der Waals surface area (Å²) in [5.41, 5.74) is 0. The van der Waals surface area contributed by atoms with Gasteiger partial charge in [0.2, 0.25) is 0 Å². The molecule has 5 radical (unpaired) electrons. The van der Waals surface area contributed by atoms with Crippen LogP contribution in [0.5, 0.6) is 0 Å². The molecule has 1 heteroatoms. The third-order valence-corrected chi connectivity index (χ3v) is 5.98. The van der Waals surface area contributed by atoms with Crippen LogP contribution in [0.1, 0.15) is 70.6 Å². The van der Waals surface area contributed by atoms with Crippen LogP contribution in [0.3, 0.4) is 0 Å². The second-order valence-corrected chi connectivity index (χ2v) is 7.99. The summed E-state index contributed by atoms with van der Waals surface area (Å²) in [5, 5.41) is 0. The van der Waals surface area contributed by atoms with Gasteiger partial charge in [0.25, 0.3) is 0 Å². The number of nitrogens with zero attached hydrogens (tertiary/aromatic N) is 1. The Balaban J connectivity index is 1.61. The monoisotopic (exact) mass is 300 g/mol. The lowest BCUT2D eigenvalue weighted by Gasteiger charge is -2.31. The van der Waals surface area contributed by atoms with Crippen LogP contribution >= 0.6 is 0 Å². The van der Waals surface area contributed by atoms with Crippen LogP contribution in [0.4, 0.5) is 0 Å². The lowest BCUT2D eigenvalue weighted by Crippen LogP contribution is -2.22. The molecule has 3 fully saturated rings. The molecule has 0 atom stereocenters. The Morgan fingerprint density at radius 2 is 1.41 bits per heavy atom. The van der Waals surface area contributed by atoms with Crippen molar-refractivity contribution in [3.05, 3.63) is 30.6 Å². The van der Waals surface area contributed by atoms with Crippen molar-refractivity contribution in [2.75, 3.05) is 20.6 Å². The van der Waals surface area contributed by atoms with E-state index in [1.807, 2.05) is 0 Å². The minimum absolute atomic E-state index is 0.864. The second-order valence-electron chi connectivity index (χ2n) is 7.99. The highest BCUT2D eigenvalue weighted by molar-refractivity contribution is 5.51. The summed E-state index contributed by atoms with van der Waals surface area (Å²) in [6.45, 7) is 1.19. The molecule has 3 saturated carbocycles. The molecule has 0 heterocycles. The predicted octanol–water partition coefficient (Wildman–Crippen LogP) is 5.24. The summed E-state index contributed by atoms with van der Waals surface area (Å²) >= 11 is 0. The Morgan fingerprint density at radius 1 is 0.818 bits per heavy atom. The minimum atomic E-state index is 0.864. The van der Waals surface area contributed by atoms with Gasteiger partial charge in [0, 0.05) is 0 Å². The minimum Gasteiger partial charge on any atom is -0.309 e. The average molecular weight is 301 g/mol. The molecule has 22 heavy (non-hydrogen) atoms. The molecule has 0 unspecified atom stereocenters. The summed E-state index contributed by atoms with van der Waals surface area (Å²) < 4.78 is 0. The van der Waals surface area contributed by atoms with E-state index in [0.29, 0.717) is 0 Å². The molecule has 0 aromatic heterocycles. The van der Waals surface area contributed by atoms with Crippen molar-refractivity contribution >= 4 is 0 Å². The summed E-state index contributed by atoms with van der Waals surface area (Å²) in [7, 11) is 4.40. The van der Waals surface area contributed by atoms with Gasteiger partial charge in [-0.05, 0) is 95.2 Å². The SMILES string of the molecule is CN(C)CC[C]1[CH][C](C2CCCCC2)[CH][C]1C1CCCCC1. The molecular weight excluding hydrogens is 266 g/mol. The molecule has 0 aromatic rings. The van der Waals surface area contributed by atoms with Crippen LogP contribution in [0.2, 0.25) is 0 Å². The quantitative estimate of drug-likeness (QED) is 0.670. The van der Waals surface area contributed by atoms with Gasteiger partial charge in [-0.15, -0.1) is 0 Å². The molecule has 0 aromatic carbocycles. The molecule has 0 amide bonds. The van der Waals surface area contributed by atoms with Gasteiger partial charge in [-0.3, -0.25) is 0 Å². The molecule has 3 aliphatic carbocycles. The lowest BCUT2D eigenvalue weighted by atomic mass is 9.74. The first kappa shape index (κ1) is 16.8. The van der Waals surface area contributed by atoms with Crippen LogP contribution in [-0.4, -0.2) is 25.5 Å². The predicted molar refractivity (Wildman–Crippen MR) is 94.7 cm³/mol. The Labute approximate surface area is 139 Å². The third kappa shape index (κ3) is 4.28. The average Bonchev–Trinajstić information content (AvgIpc) is 2.99. The molecule has 0 aliphatic heterocycles. The zero-order valence-electron chi connectivity index (χ0n) is 14.7. The summed E-state index contributed by atoms with van der Waals surface area (Å²) in [5.74, 6) is 6.84. The highest BCUT2D eigenvalue weighted by atomic mass is 15.0. The van der Waals surface area contributed by atoms with E-state index in [9.17, 15) is 0 Å². The van der Waals surface area contributed by atoms with Gasteiger partial charge in [0.15, 0.2) is 0 Å². The highest BCUT2D eigenvalue weighted by Crippen LogP contribution is 2.53. The molecule has 123 valence electrons. The molecule has 0 spiro atoms. The van der Waals surface area contributed by atoms with E-state index in [1.54, 1.807) is 17.8 Å². The Hall–Kier alpha value is -0.0400. The maximum Gasteiger partial charge on any atom is -0.00190 e. The van der Waals surface area contributed by atoms with Crippen molar-refractivity contribution in [1.29, 1.82) is 0 Å². The van der Waals surface area contributed by atoms with Gasteiger partial charge >= 0.3 is 0 Å². The Bertz CT molecular complexity index is 312. The topological polar surface area (TPSA) is 3.24 Å². The standard InChI is InChI=1S/C21H34N/c1-22(2)14-13-19-15-20(17-9-5-3-6-10-17)16-21(19)18-11-7-4-8-12-18/h15-18H,3-14H2,1-2H3. The number of rotatable bonds is 5. The fraction of sp³-hybridized carbons (Fsp3) is 0.762. The number of hydrogen-bond donors (Lipinski definition) is 0. The summed E-state index contributed by atoms with van der Waals surface area (Å²) in [6, 6.07) is 0. The van der Waals surface area contributed by atoms with Crippen LogP contribution in [0.15, 0.2) is 0 Å². The molecular formula is C21H34N. The third-order valence-electron chi connectivity index (χ3n) is 5.98. The fourth-order valence-corrected chi connectivity index (χ4v) is 4.62. The van der Waals surface area contributed by atoms with E-state index in [2.05, 4.69) is 31.8 Å². The van der Waals surface area contributed by atoms with Crippen molar-refractivity contribution in [3.8, 4) is 0 Å². The van der Waals surface area contributed by atoms with E-state index in [4.69, 9.17) is 0 Å². The fourth-order valence-electron chi connectivity index (χ4n) is 4.62. The molecule has 0 bridgehead atoms. The molecule has 0 N–H and O–H groups in total. The summed E-state index contributed by atoms with van der Waals surface area (Å²) in [6.07, 6.45) is 20.9. The molecule has 3 rings (SSSR count). The van der Waals surface area contributed by atoms with Crippen LogP contribution in [0, 0.1) is 42.4 Å². The van der Waals surface area contributed by atoms with Crippen LogP contribution in [-0.2, 0) is 0 Å². The summed E-state index contributed by atoms with van der Waals surface area (Å²) in [4.78, 5) is 2.33.